The molecule has 6 heteroatoms. The lowest BCUT2D eigenvalue weighted by Gasteiger charge is -2.40. The first-order valence-corrected chi connectivity index (χ1v) is 10.8. The van der Waals surface area contributed by atoms with Gasteiger partial charge in [0.2, 0.25) is 10.0 Å². The molecule has 142 valence electrons. The van der Waals surface area contributed by atoms with Crippen molar-refractivity contribution < 1.29 is 13.2 Å². The summed E-state index contributed by atoms with van der Waals surface area (Å²) in [5.74, 6) is 0.890. The van der Waals surface area contributed by atoms with E-state index in [0.717, 1.165) is 48.4 Å². The third kappa shape index (κ3) is 3.52. The molecular formula is C21H24N2O3S. The summed E-state index contributed by atoms with van der Waals surface area (Å²) in [5.41, 5.74) is 2.85. The molecule has 5 nitrogen and oxygen atoms in total. The molecular weight excluding hydrogens is 360 g/mol. The van der Waals surface area contributed by atoms with E-state index in [0.29, 0.717) is 6.54 Å². The van der Waals surface area contributed by atoms with Crippen molar-refractivity contribution in [2.75, 3.05) is 19.6 Å². The molecule has 1 spiro atoms. The predicted molar refractivity (Wildman–Crippen MR) is 106 cm³/mol. The Kier molecular flexibility index (Phi) is 4.80. The number of ether oxygens (including phenoxy) is 1. The molecule has 2 aliphatic heterocycles. The first-order valence-electron chi connectivity index (χ1n) is 9.35. The minimum absolute atomic E-state index is 0.283. The predicted octanol–water partition coefficient (Wildman–Crippen LogP) is 2.93. The van der Waals surface area contributed by atoms with E-state index in [1.807, 2.05) is 30.3 Å². The fourth-order valence-corrected chi connectivity index (χ4v) is 4.83. The normalized spacial score (nSPS) is 18.5. The summed E-state index contributed by atoms with van der Waals surface area (Å²) in [6.07, 6.45) is 4.05. The van der Waals surface area contributed by atoms with Crippen LogP contribution in [0, 0.1) is 0 Å². The van der Waals surface area contributed by atoms with Gasteiger partial charge in [-0.15, -0.1) is 0 Å². The summed E-state index contributed by atoms with van der Waals surface area (Å²) in [7, 11) is -3.45. The average molecular weight is 385 g/mol. The van der Waals surface area contributed by atoms with E-state index in [9.17, 15) is 8.42 Å². The standard InChI is InChI=1S/C21H24N2O3S/c1-2-23-27(24,25)17-9-7-16(8-10-17)19-15-21(11-13-22-14-12-21)26-20-6-4-3-5-18(19)20/h3-10,15,22-23H,2,11-14H2,1H3. The van der Waals surface area contributed by atoms with Gasteiger partial charge in [-0.2, -0.15) is 0 Å². The van der Waals surface area contributed by atoms with Gasteiger partial charge in [0.15, 0.2) is 0 Å². The Hall–Kier alpha value is -2.15. The Morgan fingerprint density at radius 3 is 2.48 bits per heavy atom. The quantitative estimate of drug-likeness (QED) is 0.851. The second-order valence-corrected chi connectivity index (χ2v) is 8.76. The van der Waals surface area contributed by atoms with E-state index >= 15 is 0 Å². The fourth-order valence-electron chi connectivity index (χ4n) is 3.79. The Bertz CT molecular complexity index is 959. The zero-order valence-corrected chi connectivity index (χ0v) is 16.2. The molecule has 2 aromatic rings. The topological polar surface area (TPSA) is 67.4 Å². The van der Waals surface area contributed by atoms with E-state index in [-0.39, 0.29) is 10.5 Å². The van der Waals surface area contributed by atoms with E-state index in [2.05, 4.69) is 22.2 Å². The van der Waals surface area contributed by atoms with Gasteiger partial charge in [-0.05, 0) is 48.5 Å². The van der Waals surface area contributed by atoms with Crippen LogP contribution in [0.2, 0.25) is 0 Å². The maximum absolute atomic E-state index is 12.2. The number of para-hydroxylation sites is 1. The van der Waals surface area contributed by atoms with Crippen LogP contribution in [0.15, 0.2) is 59.5 Å². The van der Waals surface area contributed by atoms with Crippen LogP contribution in [0.25, 0.3) is 5.57 Å². The van der Waals surface area contributed by atoms with Crippen LogP contribution in [0.3, 0.4) is 0 Å². The lowest BCUT2D eigenvalue weighted by molar-refractivity contribution is 0.0817. The van der Waals surface area contributed by atoms with Crippen molar-refractivity contribution in [3.63, 3.8) is 0 Å². The molecule has 4 rings (SSSR count). The summed E-state index contributed by atoms with van der Waals surface area (Å²) >= 11 is 0. The smallest absolute Gasteiger partial charge is 0.240 e. The minimum Gasteiger partial charge on any atom is -0.482 e. The number of fused-ring (bicyclic) bond motifs is 1. The molecule has 0 unspecified atom stereocenters. The molecule has 0 saturated carbocycles. The Labute approximate surface area is 160 Å². The van der Waals surface area contributed by atoms with Crippen LogP contribution in [-0.4, -0.2) is 33.7 Å². The number of nitrogens with one attached hydrogen (secondary N) is 2. The molecule has 0 atom stereocenters. The van der Waals surface area contributed by atoms with Crippen LogP contribution in [0.5, 0.6) is 5.75 Å². The van der Waals surface area contributed by atoms with Gasteiger partial charge in [0.1, 0.15) is 11.4 Å². The molecule has 27 heavy (non-hydrogen) atoms. The molecule has 1 fully saturated rings. The van der Waals surface area contributed by atoms with Crippen molar-refractivity contribution >= 4 is 15.6 Å². The van der Waals surface area contributed by atoms with Crippen molar-refractivity contribution in [3.05, 3.63) is 65.7 Å². The highest BCUT2D eigenvalue weighted by Gasteiger charge is 2.36. The van der Waals surface area contributed by atoms with E-state index in [4.69, 9.17) is 4.74 Å². The summed E-state index contributed by atoms with van der Waals surface area (Å²) in [5, 5.41) is 3.39. The fraction of sp³-hybridized carbons (Fsp3) is 0.333. The highest BCUT2D eigenvalue weighted by Crippen LogP contribution is 2.42. The zero-order chi connectivity index (χ0) is 18.9. The Balaban J connectivity index is 1.76. The second kappa shape index (κ2) is 7.11. The summed E-state index contributed by atoms with van der Waals surface area (Å²) < 4.78 is 33.3. The molecule has 0 radical (unpaired) electrons. The summed E-state index contributed by atoms with van der Waals surface area (Å²) in [6, 6.07) is 15.2. The molecule has 2 heterocycles. The largest absolute Gasteiger partial charge is 0.482 e. The molecule has 1 saturated heterocycles. The Morgan fingerprint density at radius 1 is 1.07 bits per heavy atom. The van der Waals surface area contributed by atoms with E-state index < -0.39 is 10.0 Å². The molecule has 0 bridgehead atoms. The van der Waals surface area contributed by atoms with Gasteiger partial charge in [-0.1, -0.05) is 37.3 Å². The van der Waals surface area contributed by atoms with Gasteiger partial charge in [-0.3, -0.25) is 0 Å². The lowest BCUT2D eigenvalue weighted by Crippen LogP contribution is -2.46. The maximum atomic E-state index is 12.2. The average Bonchev–Trinajstić information content (AvgIpc) is 2.68. The number of hydrogen-bond acceptors (Lipinski definition) is 4. The number of rotatable bonds is 4. The Morgan fingerprint density at radius 2 is 1.78 bits per heavy atom. The van der Waals surface area contributed by atoms with E-state index in [1.165, 1.54) is 0 Å². The van der Waals surface area contributed by atoms with Crippen molar-refractivity contribution in [2.45, 2.75) is 30.3 Å². The number of hydrogen-bond donors (Lipinski definition) is 2. The first kappa shape index (κ1) is 18.2. The van der Waals surface area contributed by atoms with Crippen molar-refractivity contribution in [3.8, 4) is 5.75 Å². The number of benzene rings is 2. The van der Waals surface area contributed by atoms with Crippen molar-refractivity contribution in [1.29, 1.82) is 0 Å². The van der Waals surface area contributed by atoms with Gasteiger partial charge in [0, 0.05) is 24.9 Å². The second-order valence-electron chi connectivity index (χ2n) is 7.00. The molecule has 0 amide bonds. The van der Waals surface area contributed by atoms with Crippen LogP contribution in [-0.2, 0) is 10.0 Å². The van der Waals surface area contributed by atoms with Gasteiger partial charge in [-0.25, -0.2) is 13.1 Å². The highest BCUT2D eigenvalue weighted by atomic mass is 32.2. The lowest BCUT2D eigenvalue weighted by atomic mass is 9.83. The molecule has 2 aromatic carbocycles. The first-order chi connectivity index (χ1) is 13.0. The van der Waals surface area contributed by atoms with E-state index in [1.54, 1.807) is 19.1 Å². The summed E-state index contributed by atoms with van der Waals surface area (Å²) in [6.45, 7) is 3.99. The number of sulfonamides is 1. The zero-order valence-electron chi connectivity index (χ0n) is 15.4. The van der Waals surface area contributed by atoms with Crippen molar-refractivity contribution in [2.24, 2.45) is 0 Å². The van der Waals surface area contributed by atoms with Gasteiger partial charge < -0.3 is 10.1 Å². The molecule has 0 aliphatic carbocycles. The summed E-state index contributed by atoms with van der Waals surface area (Å²) in [4.78, 5) is 0.283. The molecule has 0 aromatic heterocycles. The van der Waals surface area contributed by atoms with Crippen LogP contribution < -0.4 is 14.8 Å². The van der Waals surface area contributed by atoms with Gasteiger partial charge in [0.25, 0.3) is 0 Å². The third-order valence-electron chi connectivity index (χ3n) is 5.16. The van der Waals surface area contributed by atoms with Crippen molar-refractivity contribution in [1.82, 2.24) is 10.0 Å². The van der Waals surface area contributed by atoms with Gasteiger partial charge >= 0.3 is 0 Å². The minimum atomic E-state index is -3.45. The van der Waals surface area contributed by atoms with Gasteiger partial charge in [0.05, 0.1) is 4.90 Å². The van der Waals surface area contributed by atoms with Crippen LogP contribution >= 0.6 is 0 Å². The van der Waals surface area contributed by atoms with Crippen LogP contribution in [0.4, 0.5) is 0 Å². The molecule has 2 aliphatic rings. The molecule has 2 N–H and O–H groups in total. The monoisotopic (exact) mass is 384 g/mol. The SMILES string of the molecule is CCNS(=O)(=O)c1ccc(C2=CC3(CCNCC3)Oc3ccccc32)cc1. The third-order valence-corrected chi connectivity index (χ3v) is 6.72. The van der Waals surface area contributed by atoms with Crippen LogP contribution in [0.1, 0.15) is 30.9 Å². The highest BCUT2D eigenvalue weighted by molar-refractivity contribution is 7.89. The maximum Gasteiger partial charge on any atom is 0.240 e. The number of piperidine rings is 1.